The Morgan fingerprint density at radius 3 is 2.47 bits per heavy atom. The Kier molecular flexibility index (Phi) is 5.48. The molecule has 1 fully saturated rings. The molecule has 1 rings (SSSR count). The molecule has 0 heterocycles. The maximum absolute atomic E-state index is 3.63. The van der Waals surface area contributed by atoms with Gasteiger partial charge in [0.1, 0.15) is 0 Å². The van der Waals surface area contributed by atoms with Gasteiger partial charge in [0.15, 0.2) is 0 Å². The highest BCUT2D eigenvalue weighted by molar-refractivity contribution is 8.00. The van der Waals surface area contributed by atoms with Gasteiger partial charge in [-0.15, -0.1) is 0 Å². The van der Waals surface area contributed by atoms with Crippen LogP contribution in [0.1, 0.15) is 53.4 Å². The van der Waals surface area contributed by atoms with E-state index in [1.807, 2.05) is 0 Å². The van der Waals surface area contributed by atoms with Crippen LogP contribution in [0.15, 0.2) is 0 Å². The minimum Gasteiger partial charge on any atom is -0.313 e. The van der Waals surface area contributed by atoms with E-state index in [4.69, 9.17) is 0 Å². The van der Waals surface area contributed by atoms with Crippen molar-refractivity contribution in [2.75, 3.05) is 12.3 Å². The largest absolute Gasteiger partial charge is 0.313 e. The van der Waals surface area contributed by atoms with Gasteiger partial charge in [-0.2, -0.15) is 11.8 Å². The van der Waals surface area contributed by atoms with E-state index in [0.29, 0.717) is 10.8 Å². The van der Waals surface area contributed by atoms with Gasteiger partial charge in [-0.05, 0) is 25.8 Å². The third-order valence-corrected chi connectivity index (χ3v) is 4.57. The Balaban J connectivity index is 1.95. The first kappa shape index (κ1) is 13.4. The zero-order chi connectivity index (χ0) is 11.3. The monoisotopic (exact) mass is 229 g/mol. The molecule has 1 atom stereocenters. The van der Waals surface area contributed by atoms with Crippen molar-refractivity contribution in [3.63, 3.8) is 0 Å². The standard InChI is InChI=1S/C13H27NS/c1-11(10-15-13(2,3)4)14-9-8-12-6-5-7-12/h11-12,14H,5-10H2,1-4H3. The third kappa shape index (κ3) is 6.47. The smallest absolute Gasteiger partial charge is 0.0130 e. The predicted molar refractivity (Wildman–Crippen MR) is 71.6 cm³/mol. The van der Waals surface area contributed by atoms with E-state index in [9.17, 15) is 0 Å². The summed E-state index contributed by atoms with van der Waals surface area (Å²) < 4.78 is 0.407. The lowest BCUT2D eigenvalue weighted by Gasteiger charge is -2.26. The van der Waals surface area contributed by atoms with Crippen molar-refractivity contribution in [1.29, 1.82) is 0 Å². The second-order valence-electron chi connectivity index (χ2n) is 5.86. The molecule has 0 saturated heterocycles. The van der Waals surface area contributed by atoms with Gasteiger partial charge in [-0.3, -0.25) is 0 Å². The highest BCUT2D eigenvalue weighted by Gasteiger charge is 2.17. The van der Waals surface area contributed by atoms with E-state index in [1.165, 1.54) is 38.0 Å². The molecule has 0 amide bonds. The fourth-order valence-corrected chi connectivity index (χ4v) is 2.62. The number of rotatable bonds is 6. The van der Waals surface area contributed by atoms with Crippen LogP contribution in [-0.2, 0) is 0 Å². The Bertz CT molecular complexity index is 170. The molecule has 1 N–H and O–H groups in total. The van der Waals surface area contributed by atoms with E-state index in [0.717, 1.165) is 5.92 Å². The highest BCUT2D eigenvalue weighted by Crippen LogP contribution is 2.29. The van der Waals surface area contributed by atoms with Gasteiger partial charge in [0.25, 0.3) is 0 Å². The summed E-state index contributed by atoms with van der Waals surface area (Å²) in [5, 5.41) is 3.63. The van der Waals surface area contributed by atoms with E-state index in [1.54, 1.807) is 0 Å². The molecular formula is C13H27NS. The first-order chi connectivity index (χ1) is 6.97. The van der Waals surface area contributed by atoms with Crippen LogP contribution in [0.5, 0.6) is 0 Å². The lowest BCUT2D eigenvalue weighted by atomic mass is 9.83. The molecule has 0 spiro atoms. The Labute approximate surface area is 99.8 Å². The second-order valence-corrected chi connectivity index (χ2v) is 7.71. The summed E-state index contributed by atoms with van der Waals surface area (Å²) in [5.74, 6) is 2.27. The van der Waals surface area contributed by atoms with Crippen molar-refractivity contribution < 1.29 is 0 Å². The molecule has 2 heteroatoms. The fraction of sp³-hybridized carbons (Fsp3) is 1.00. The molecule has 0 aliphatic heterocycles. The van der Waals surface area contributed by atoms with Crippen LogP contribution in [0.25, 0.3) is 0 Å². The van der Waals surface area contributed by atoms with Gasteiger partial charge in [-0.25, -0.2) is 0 Å². The summed E-state index contributed by atoms with van der Waals surface area (Å²) >= 11 is 2.06. The maximum atomic E-state index is 3.63. The lowest BCUT2D eigenvalue weighted by molar-refractivity contribution is 0.289. The van der Waals surface area contributed by atoms with Gasteiger partial charge in [0.2, 0.25) is 0 Å². The van der Waals surface area contributed by atoms with Crippen molar-refractivity contribution >= 4 is 11.8 Å². The fourth-order valence-electron chi connectivity index (χ4n) is 1.75. The number of nitrogens with one attached hydrogen (secondary N) is 1. The van der Waals surface area contributed by atoms with Crippen LogP contribution >= 0.6 is 11.8 Å². The van der Waals surface area contributed by atoms with E-state index < -0.39 is 0 Å². The highest BCUT2D eigenvalue weighted by atomic mass is 32.2. The van der Waals surface area contributed by atoms with Gasteiger partial charge in [-0.1, -0.05) is 40.0 Å². The molecule has 90 valence electrons. The summed E-state index contributed by atoms with van der Waals surface area (Å²) in [4.78, 5) is 0. The minimum absolute atomic E-state index is 0.407. The van der Waals surface area contributed by atoms with Crippen LogP contribution < -0.4 is 5.32 Å². The molecule has 1 unspecified atom stereocenters. The summed E-state index contributed by atoms with van der Waals surface area (Å²) in [7, 11) is 0. The van der Waals surface area contributed by atoms with Crippen LogP contribution in [0.2, 0.25) is 0 Å². The van der Waals surface area contributed by atoms with Crippen LogP contribution in [0.4, 0.5) is 0 Å². The molecule has 1 aliphatic rings. The molecule has 0 aromatic heterocycles. The molecule has 0 radical (unpaired) electrons. The summed E-state index contributed by atoms with van der Waals surface area (Å²) in [6.45, 7) is 10.4. The first-order valence-electron chi connectivity index (χ1n) is 6.35. The van der Waals surface area contributed by atoms with Gasteiger partial charge in [0.05, 0.1) is 0 Å². The maximum Gasteiger partial charge on any atom is 0.0130 e. The average molecular weight is 229 g/mol. The second kappa shape index (κ2) is 6.15. The van der Waals surface area contributed by atoms with Crippen molar-refractivity contribution in [1.82, 2.24) is 5.32 Å². The molecule has 1 saturated carbocycles. The van der Waals surface area contributed by atoms with E-state index in [-0.39, 0.29) is 0 Å². The summed E-state index contributed by atoms with van der Waals surface area (Å²) in [5.41, 5.74) is 0. The lowest BCUT2D eigenvalue weighted by Crippen LogP contribution is -2.32. The van der Waals surface area contributed by atoms with Crippen molar-refractivity contribution in [3.8, 4) is 0 Å². The van der Waals surface area contributed by atoms with Crippen LogP contribution in [0, 0.1) is 5.92 Å². The zero-order valence-electron chi connectivity index (χ0n) is 10.8. The molecule has 0 bridgehead atoms. The normalized spacial score (nSPS) is 20.0. The topological polar surface area (TPSA) is 12.0 Å². The van der Waals surface area contributed by atoms with Crippen LogP contribution in [-0.4, -0.2) is 23.1 Å². The zero-order valence-corrected chi connectivity index (χ0v) is 11.6. The molecule has 0 aromatic rings. The number of hydrogen-bond donors (Lipinski definition) is 1. The van der Waals surface area contributed by atoms with Gasteiger partial charge >= 0.3 is 0 Å². The Morgan fingerprint density at radius 2 is 2.00 bits per heavy atom. The van der Waals surface area contributed by atoms with E-state index in [2.05, 4.69) is 44.8 Å². The quantitative estimate of drug-likeness (QED) is 0.745. The minimum atomic E-state index is 0.407. The predicted octanol–water partition coefficient (Wildman–Crippen LogP) is 3.69. The number of hydrogen-bond acceptors (Lipinski definition) is 2. The van der Waals surface area contributed by atoms with Crippen molar-refractivity contribution in [3.05, 3.63) is 0 Å². The van der Waals surface area contributed by atoms with Crippen molar-refractivity contribution in [2.45, 2.75) is 64.2 Å². The first-order valence-corrected chi connectivity index (χ1v) is 7.33. The molecule has 1 aliphatic carbocycles. The molecular weight excluding hydrogens is 202 g/mol. The summed E-state index contributed by atoms with van der Waals surface area (Å²) in [6, 6.07) is 0.661. The van der Waals surface area contributed by atoms with Gasteiger partial charge in [0, 0.05) is 16.5 Å². The van der Waals surface area contributed by atoms with Crippen LogP contribution in [0.3, 0.4) is 0 Å². The molecule has 1 nitrogen and oxygen atoms in total. The van der Waals surface area contributed by atoms with Crippen molar-refractivity contribution in [2.24, 2.45) is 5.92 Å². The molecule has 0 aromatic carbocycles. The third-order valence-electron chi connectivity index (χ3n) is 3.04. The average Bonchev–Trinajstić information content (AvgIpc) is 2.04. The SMILES string of the molecule is CC(CSC(C)(C)C)NCCC1CCC1. The molecule has 15 heavy (non-hydrogen) atoms. The van der Waals surface area contributed by atoms with E-state index >= 15 is 0 Å². The Hall–Kier alpha value is 0.310. The Morgan fingerprint density at radius 1 is 1.33 bits per heavy atom. The van der Waals surface area contributed by atoms with Gasteiger partial charge < -0.3 is 5.32 Å². The number of thioether (sulfide) groups is 1. The summed E-state index contributed by atoms with van der Waals surface area (Å²) in [6.07, 6.45) is 5.82.